The minimum Gasteiger partial charge on any atom is -0.507 e. The molecule has 0 spiro atoms. The highest BCUT2D eigenvalue weighted by Gasteiger charge is 2.46. The fourth-order valence-electron chi connectivity index (χ4n) is 4.06. The van der Waals surface area contributed by atoms with E-state index in [9.17, 15) is 14.7 Å². The molecule has 1 aliphatic rings. The van der Waals surface area contributed by atoms with Gasteiger partial charge in [0.1, 0.15) is 11.5 Å². The van der Waals surface area contributed by atoms with Crippen LogP contribution in [0.1, 0.15) is 30.5 Å². The molecule has 2 aromatic carbocycles. The lowest BCUT2D eigenvalue weighted by atomic mass is 9.95. The van der Waals surface area contributed by atoms with Gasteiger partial charge in [-0.05, 0) is 69.9 Å². The Hall–Kier alpha value is -3.03. The number of carbonyl (C=O) groups excluding carboxylic acids is 2. The van der Waals surface area contributed by atoms with Crippen molar-refractivity contribution in [1.29, 1.82) is 0 Å². The van der Waals surface area contributed by atoms with Gasteiger partial charge in [0, 0.05) is 31.9 Å². The van der Waals surface area contributed by atoms with Gasteiger partial charge < -0.3 is 24.5 Å². The Kier molecular flexibility index (Phi) is 8.23. The number of hydrogen-bond donors (Lipinski definition) is 1. The molecule has 0 radical (unpaired) electrons. The molecule has 0 bridgehead atoms. The third-order valence-corrected chi connectivity index (χ3v) is 6.10. The van der Waals surface area contributed by atoms with E-state index in [-0.39, 0.29) is 21.9 Å². The molecule has 1 atom stereocenters. The Morgan fingerprint density at radius 2 is 1.76 bits per heavy atom. The van der Waals surface area contributed by atoms with Crippen LogP contribution in [0.2, 0.25) is 5.02 Å². The van der Waals surface area contributed by atoms with E-state index in [1.807, 2.05) is 69.2 Å². The van der Waals surface area contributed by atoms with Gasteiger partial charge in [-0.3, -0.25) is 9.59 Å². The SMILES string of the molecule is CCOc1ccc(Cl)c(/C(O)=C2\C(=O)C(=O)N(CCCN(C)C)C2c2ccc(N(C)C)cc2)c1. The molecule has 34 heavy (non-hydrogen) atoms. The van der Waals surface area contributed by atoms with Crippen LogP contribution in [0.3, 0.4) is 0 Å². The first kappa shape index (κ1) is 25.6. The van der Waals surface area contributed by atoms with E-state index in [1.165, 1.54) is 0 Å². The smallest absolute Gasteiger partial charge is 0.295 e. The van der Waals surface area contributed by atoms with Crippen molar-refractivity contribution in [2.75, 3.05) is 52.8 Å². The topological polar surface area (TPSA) is 73.3 Å². The van der Waals surface area contributed by atoms with Crippen LogP contribution in [0.15, 0.2) is 48.0 Å². The minimum atomic E-state index is -0.720. The molecule has 1 fully saturated rings. The number of aliphatic hydroxyl groups excluding tert-OH is 1. The van der Waals surface area contributed by atoms with Crippen LogP contribution >= 0.6 is 11.6 Å². The molecule has 0 saturated carbocycles. The molecular weight excluding hydrogens is 454 g/mol. The van der Waals surface area contributed by atoms with Crippen molar-refractivity contribution in [2.45, 2.75) is 19.4 Å². The van der Waals surface area contributed by atoms with Crippen LogP contribution in [0.25, 0.3) is 5.76 Å². The highest BCUT2D eigenvalue weighted by atomic mass is 35.5. The highest BCUT2D eigenvalue weighted by molar-refractivity contribution is 6.47. The van der Waals surface area contributed by atoms with Crippen LogP contribution < -0.4 is 9.64 Å². The monoisotopic (exact) mass is 485 g/mol. The van der Waals surface area contributed by atoms with Crippen molar-refractivity contribution in [3.63, 3.8) is 0 Å². The number of amides is 1. The number of likely N-dealkylation sites (tertiary alicyclic amines) is 1. The predicted molar refractivity (Wildman–Crippen MR) is 136 cm³/mol. The first-order chi connectivity index (χ1) is 16.1. The Balaban J connectivity index is 2.13. The maximum atomic E-state index is 13.2. The number of aliphatic hydroxyl groups is 1. The quantitative estimate of drug-likeness (QED) is 0.326. The van der Waals surface area contributed by atoms with E-state index in [4.69, 9.17) is 16.3 Å². The van der Waals surface area contributed by atoms with Crippen molar-refractivity contribution in [1.82, 2.24) is 9.80 Å². The van der Waals surface area contributed by atoms with E-state index in [0.717, 1.165) is 17.8 Å². The average Bonchev–Trinajstić information content (AvgIpc) is 3.05. The van der Waals surface area contributed by atoms with Gasteiger partial charge >= 0.3 is 0 Å². The number of nitrogens with zero attached hydrogens (tertiary/aromatic N) is 3. The third kappa shape index (κ3) is 5.37. The fraction of sp³-hybridized carbons (Fsp3) is 0.385. The molecule has 3 rings (SSSR count). The second-order valence-corrected chi connectivity index (χ2v) is 9.12. The fourth-order valence-corrected chi connectivity index (χ4v) is 4.26. The summed E-state index contributed by atoms with van der Waals surface area (Å²) in [4.78, 5) is 31.8. The number of anilines is 1. The molecule has 1 N–H and O–H groups in total. The van der Waals surface area contributed by atoms with E-state index < -0.39 is 17.7 Å². The normalized spacial score (nSPS) is 17.5. The van der Waals surface area contributed by atoms with Gasteiger partial charge in [-0.1, -0.05) is 23.7 Å². The Morgan fingerprint density at radius 1 is 1.09 bits per heavy atom. The van der Waals surface area contributed by atoms with E-state index >= 15 is 0 Å². The number of halogens is 1. The highest BCUT2D eigenvalue weighted by Crippen LogP contribution is 2.41. The Morgan fingerprint density at radius 3 is 2.35 bits per heavy atom. The van der Waals surface area contributed by atoms with Crippen LogP contribution in [0.4, 0.5) is 5.69 Å². The molecule has 1 amide bonds. The number of carbonyl (C=O) groups is 2. The van der Waals surface area contributed by atoms with Gasteiger partial charge in [0.25, 0.3) is 11.7 Å². The van der Waals surface area contributed by atoms with Crippen molar-refractivity contribution in [3.8, 4) is 5.75 Å². The first-order valence-electron chi connectivity index (χ1n) is 11.3. The number of ketones is 1. The van der Waals surface area contributed by atoms with Crippen molar-refractivity contribution < 1.29 is 19.4 Å². The first-order valence-corrected chi connectivity index (χ1v) is 11.7. The average molecular weight is 486 g/mol. The lowest BCUT2D eigenvalue weighted by Crippen LogP contribution is -2.32. The molecule has 1 unspecified atom stereocenters. The molecule has 1 heterocycles. The third-order valence-electron chi connectivity index (χ3n) is 5.77. The Bertz CT molecular complexity index is 1080. The van der Waals surface area contributed by atoms with E-state index in [0.29, 0.717) is 25.3 Å². The van der Waals surface area contributed by atoms with Gasteiger partial charge in [-0.2, -0.15) is 0 Å². The zero-order valence-corrected chi connectivity index (χ0v) is 21.1. The standard InChI is InChI=1S/C26H32ClN3O4/c1-6-34-19-12-13-21(27)20(16-19)24(31)22-23(17-8-10-18(11-9-17)29(4)5)30(26(33)25(22)32)15-7-14-28(2)3/h8-13,16,23,31H,6-7,14-15H2,1-5H3/b24-22+. The summed E-state index contributed by atoms with van der Waals surface area (Å²) in [5, 5.41) is 11.6. The van der Waals surface area contributed by atoms with Crippen LogP contribution in [0, 0.1) is 0 Å². The molecule has 1 aliphatic heterocycles. The summed E-state index contributed by atoms with van der Waals surface area (Å²) in [5.41, 5.74) is 2.02. The molecule has 0 aromatic heterocycles. The lowest BCUT2D eigenvalue weighted by Gasteiger charge is -2.26. The number of hydrogen-bond acceptors (Lipinski definition) is 6. The van der Waals surface area contributed by atoms with Crippen LogP contribution in [-0.2, 0) is 9.59 Å². The van der Waals surface area contributed by atoms with Crippen molar-refractivity contribution >= 4 is 34.7 Å². The van der Waals surface area contributed by atoms with Gasteiger partial charge in [-0.15, -0.1) is 0 Å². The zero-order valence-electron chi connectivity index (χ0n) is 20.3. The molecule has 2 aromatic rings. The molecule has 1 saturated heterocycles. The largest absolute Gasteiger partial charge is 0.507 e. The van der Waals surface area contributed by atoms with E-state index in [1.54, 1.807) is 23.1 Å². The summed E-state index contributed by atoms with van der Waals surface area (Å²) in [6, 6.07) is 11.8. The number of rotatable bonds is 9. The maximum Gasteiger partial charge on any atom is 0.295 e. The summed E-state index contributed by atoms with van der Waals surface area (Å²) in [6.07, 6.45) is 0.687. The summed E-state index contributed by atoms with van der Waals surface area (Å²) >= 11 is 6.39. The summed E-state index contributed by atoms with van der Waals surface area (Å²) in [6.45, 7) is 3.44. The summed E-state index contributed by atoms with van der Waals surface area (Å²) in [7, 11) is 7.79. The van der Waals surface area contributed by atoms with Crippen LogP contribution in [-0.4, -0.2) is 74.5 Å². The van der Waals surface area contributed by atoms with Crippen LogP contribution in [0.5, 0.6) is 5.75 Å². The minimum absolute atomic E-state index is 0.0306. The second-order valence-electron chi connectivity index (χ2n) is 8.71. The number of benzene rings is 2. The Labute approximate surface area is 206 Å². The molecule has 182 valence electrons. The summed E-state index contributed by atoms with van der Waals surface area (Å²) in [5.74, 6) is -1.14. The van der Waals surface area contributed by atoms with Crippen molar-refractivity contribution in [2.24, 2.45) is 0 Å². The zero-order chi connectivity index (χ0) is 25.0. The molecular formula is C26H32ClN3O4. The number of Topliss-reactive ketones (excluding diaryl/α,β-unsaturated/α-hetero) is 1. The van der Waals surface area contributed by atoms with E-state index in [2.05, 4.69) is 0 Å². The number of ether oxygens (including phenoxy) is 1. The molecule has 7 nitrogen and oxygen atoms in total. The lowest BCUT2D eigenvalue weighted by molar-refractivity contribution is -0.139. The van der Waals surface area contributed by atoms with Gasteiger partial charge in [0.2, 0.25) is 0 Å². The van der Waals surface area contributed by atoms with Gasteiger partial charge in [0.05, 0.1) is 23.2 Å². The predicted octanol–water partition coefficient (Wildman–Crippen LogP) is 4.18. The molecule has 0 aliphatic carbocycles. The maximum absolute atomic E-state index is 13.2. The van der Waals surface area contributed by atoms with Crippen molar-refractivity contribution in [3.05, 3.63) is 64.2 Å². The summed E-state index contributed by atoms with van der Waals surface area (Å²) < 4.78 is 5.54. The van der Waals surface area contributed by atoms with Gasteiger partial charge in [-0.25, -0.2) is 0 Å². The van der Waals surface area contributed by atoms with Gasteiger partial charge in [0.15, 0.2) is 0 Å². The molecule has 8 heteroatoms. The second kappa shape index (κ2) is 10.9.